The molecule has 16 heteroatoms. The summed E-state index contributed by atoms with van der Waals surface area (Å²) in [5, 5.41) is 12.7. The fourth-order valence-electron chi connectivity index (χ4n) is 10.7. The molecule has 0 fully saturated rings. The van der Waals surface area contributed by atoms with Crippen LogP contribution >= 0.6 is 0 Å². The first kappa shape index (κ1) is 83.3. The molecular weight excluding hydrogens is 1630 g/mol. The normalized spacial score (nSPS) is 10.6. The Bertz CT molecular complexity index is 4620. The van der Waals surface area contributed by atoms with Gasteiger partial charge in [-0.15, -0.1) is 95.6 Å². The smallest absolute Gasteiger partial charge is 0.397 e. The summed E-state index contributed by atoms with van der Waals surface area (Å²) in [7, 11) is -5.84. The summed E-state index contributed by atoms with van der Waals surface area (Å²) >= 11 is 0. The Balaban J connectivity index is 0.000000278. The van der Waals surface area contributed by atoms with Crippen LogP contribution in [0, 0.1) is 58.7 Å². The van der Waals surface area contributed by atoms with Gasteiger partial charge in [-0.3, -0.25) is 9.54 Å². The van der Waals surface area contributed by atoms with Gasteiger partial charge in [0.1, 0.15) is 0 Å². The summed E-state index contributed by atoms with van der Waals surface area (Å²) in [5.74, 6) is 1.15. The minimum Gasteiger partial charge on any atom is -0.397 e. The number of benzene rings is 8. The second-order valence-corrected chi connectivity index (χ2v) is 24.5. The van der Waals surface area contributed by atoms with Crippen molar-refractivity contribution in [2.45, 2.75) is 74.5 Å². The Morgan fingerprint density at radius 1 is 0.440 bits per heavy atom. The quantitative estimate of drug-likeness (QED) is 0.0785. The molecule has 2 N–H and O–H groups in total. The van der Waals surface area contributed by atoms with Crippen LogP contribution in [0.25, 0.3) is 111 Å². The van der Waals surface area contributed by atoms with E-state index in [1.807, 2.05) is 123 Å². The van der Waals surface area contributed by atoms with E-state index in [1.165, 1.54) is 65.9 Å². The number of hydrogen-bond acceptors (Lipinski definition) is 7. The third-order valence-electron chi connectivity index (χ3n) is 14.9. The molecule has 6 heterocycles. The molecule has 0 amide bonds. The Hall–Kier alpha value is -9.08. The molecule has 100 heavy (non-hydrogen) atoms. The number of nitrogens with zero attached hydrogens (tertiary/aromatic N) is 6. The zero-order chi connectivity index (χ0) is 67.5. The van der Waals surface area contributed by atoms with Crippen LogP contribution in [-0.4, -0.2) is 59.3 Å². The van der Waals surface area contributed by atoms with Gasteiger partial charge in [0, 0.05) is 117 Å². The molecule has 0 aliphatic carbocycles. The third-order valence-corrected chi connectivity index (χ3v) is 15.5. The van der Waals surface area contributed by atoms with Crippen LogP contribution in [0.2, 0.25) is 0 Å². The Morgan fingerprint density at radius 3 is 1.27 bits per heavy atom. The number of alkyl halides is 3. The second-order valence-electron chi connectivity index (χ2n) is 23.1. The van der Waals surface area contributed by atoms with Crippen LogP contribution in [0.1, 0.15) is 53.4 Å². The number of aliphatic hydroxyl groups is 1. The van der Waals surface area contributed by atoms with Crippen LogP contribution in [-0.2, 0) is 63.4 Å². The van der Waals surface area contributed by atoms with Crippen LogP contribution in [0.15, 0.2) is 261 Å². The number of aryl methyl sites for hydroxylation is 2. The van der Waals surface area contributed by atoms with Crippen molar-refractivity contribution in [3.63, 3.8) is 0 Å². The second kappa shape index (κ2) is 39.6. The SMILES string of the molecule is C.CC(C)Cn1c2ccccc2c2c[c-]c(-c3cc(-c4ccccc4)ccn3)cc21.CC(C)Cn1c2ccccc2c2ccc(-c3cc(-c4ccccc4)ccn3)cc21.CCO.Cc1cccc(-c2[c-]cccc2)n1.Cc1cccc(-c2[c-]cccc2)n1.O=S(=O)(O)C(F)(F)F.[CH3-].[CH3-].[Ir].[Ir]. The fourth-order valence-corrected chi connectivity index (χ4v) is 10.7. The topological polar surface area (TPSA) is 136 Å². The molecule has 0 aliphatic rings. The van der Waals surface area contributed by atoms with Crippen molar-refractivity contribution < 1.29 is 71.5 Å². The van der Waals surface area contributed by atoms with Crippen molar-refractivity contribution in [1.82, 2.24) is 29.1 Å². The van der Waals surface area contributed by atoms with E-state index in [4.69, 9.17) is 18.1 Å². The average Bonchev–Trinajstić information content (AvgIpc) is 1.61. The summed E-state index contributed by atoms with van der Waals surface area (Å²) in [6.45, 7) is 17.0. The summed E-state index contributed by atoms with van der Waals surface area (Å²) in [4.78, 5) is 18.1. The van der Waals surface area contributed by atoms with Gasteiger partial charge in [-0.05, 0) is 131 Å². The number of pyridine rings is 4. The van der Waals surface area contributed by atoms with Gasteiger partial charge >= 0.3 is 15.6 Å². The molecule has 0 saturated heterocycles. The minimum absolute atomic E-state index is 0. The van der Waals surface area contributed by atoms with E-state index < -0.39 is 15.6 Å². The van der Waals surface area contributed by atoms with E-state index >= 15 is 0 Å². The van der Waals surface area contributed by atoms with E-state index in [1.54, 1.807) is 6.92 Å². The molecule has 14 rings (SSSR count). The predicted molar refractivity (Wildman–Crippen MR) is 401 cm³/mol. The van der Waals surface area contributed by atoms with Crippen molar-refractivity contribution in [2.75, 3.05) is 6.61 Å². The summed E-state index contributed by atoms with van der Waals surface area (Å²) in [6.07, 6.45) is 3.80. The first-order chi connectivity index (χ1) is 45.8. The molecule has 10 nitrogen and oxygen atoms in total. The molecule has 0 bridgehead atoms. The zero-order valence-electron chi connectivity index (χ0n) is 56.7. The van der Waals surface area contributed by atoms with Crippen molar-refractivity contribution in [3.05, 3.63) is 306 Å². The number of fused-ring (bicyclic) bond motifs is 6. The van der Waals surface area contributed by atoms with Crippen molar-refractivity contribution >= 4 is 53.7 Å². The number of aromatic nitrogens is 6. The zero-order valence-corrected chi connectivity index (χ0v) is 62.3. The summed E-state index contributed by atoms with van der Waals surface area (Å²) in [5.41, 5.74) is 14.7. The van der Waals surface area contributed by atoms with Crippen LogP contribution < -0.4 is 0 Å². The first-order valence-electron chi connectivity index (χ1n) is 31.2. The molecule has 8 aromatic carbocycles. The Kier molecular flexibility index (Phi) is 33.0. The van der Waals surface area contributed by atoms with Gasteiger partial charge in [-0.2, -0.15) is 21.6 Å². The standard InChI is InChI=1S/C27H24N2.C27H23N2.2C12H10N.C2H6O.CHF3O3S.CH4.2CH3.2Ir/c2*1-19(2)18-29-26-11-7-6-10-23(26)24-13-12-22(17-27(24)29)25-16-21(14-15-28-25)20-8-4-3-5-9-20;2*1-10-6-5-9-12(13-10)11-7-3-2-4-8-11;1-2-3;2-1(3,4)8(5,6)7;;;;;/h3-17,19H,18H2,1-2H3;3-11,13-17,19H,18H2,1-2H3;2*2-7,9H,1H3;3H,2H2,1H3;(H,5,6,7);1H4;2*1H3;;/q;3*-1;;;;2*-1;;. The van der Waals surface area contributed by atoms with Gasteiger partial charge < -0.3 is 44.0 Å². The van der Waals surface area contributed by atoms with Crippen LogP contribution in [0.4, 0.5) is 13.2 Å². The van der Waals surface area contributed by atoms with Gasteiger partial charge in [0.05, 0.1) is 5.69 Å². The largest absolute Gasteiger partial charge is 0.522 e. The van der Waals surface area contributed by atoms with E-state index in [9.17, 15) is 13.2 Å². The van der Waals surface area contributed by atoms with E-state index in [2.05, 4.69) is 227 Å². The average molecular weight is 1720 g/mol. The molecular formula is C84H84F3Ir2N6O4S-5. The van der Waals surface area contributed by atoms with Gasteiger partial charge in [0.15, 0.2) is 0 Å². The van der Waals surface area contributed by atoms with Crippen LogP contribution in [0.5, 0.6) is 0 Å². The van der Waals surface area contributed by atoms with Gasteiger partial charge in [-0.1, -0.05) is 180 Å². The summed E-state index contributed by atoms with van der Waals surface area (Å²) in [6, 6.07) is 95.4. The van der Waals surface area contributed by atoms with Gasteiger partial charge in [-0.25, -0.2) is 0 Å². The van der Waals surface area contributed by atoms with Gasteiger partial charge in [0.2, 0.25) is 0 Å². The van der Waals surface area contributed by atoms with Crippen molar-refractivity contribution in [1.29, 1.82) is 0 Å². The maximum atomic E-state index is 10.7. The molecule has 0 saturated carbocycles. The maximum Gasteiger partial charge on any atom is 0.522 e. The molecule has 0 unspecified atom stereocenters. The Labute approximate surface area is 615 Å². The van der Waals surface area contributed by atoms with Crippen molar-refractivity contribution in [3.8, 4) is 67.3 Å². The fraction of sp³-hybridized carbons (Fsp3) is 0.167. The predicted octanol–water partition coefficient (Wildman–Crippen LogP) is 21.8. The molecule has 0 spiro atoms. The van der Waals surface area contributed by atoms with Crippen molar-refractivity contribution in [2.24, 2.45) is 11.8 Å². The first-order valence-corrected chi connectivity index (χ1v) is 32.7. The number of rotatable bonds is 10. The van der Waals surface area contributed by atoms with E-state index in [0.29, 0.717) is 11.8 Å². The number of hydrogen-bond donors (Lipinski definition) is 2. The van der Waals surface area contributed by atoms with Gasteiger partial charge in [0.25, 0.3) is 0 Å². The third kappa shape index (κ3) is 22.2. The van der Waals surface area contributed by atoms with E-state index in [-0.39, 0.29) is 69.1 Å². The molecule has 2 radical (unpaired) electrons. The number of aliphatic hydroxyl groups excluding tert-OH is 1. The molecule has 14 aromatic rings. The monoisotopic (exact) mass is 1720 g/mol. The number of halogens is 3. The minimum atomic E-state index is -5.84. The van der Waals surface area contributed by atoms with Crippen LogP contribution in [0.3, 0.4) is 0 Å². The maximum absolute atomic E-state index is 10.7. The molecule has 524 valence electrons. The molecule has 6 aromatic heterocycles. The molecule has 0 aliphatic heterocycles. The number of para-hydroxylation sites is 2. The van der Waals surface area contributed by atoms with E-state index in [0.717, 1.165) is 69.5 Å². The Morgan fingerprint density at radius 2 is 0.840 bits per heavy atom. The summed E-state index contributed by atoms with van der Waals surface area (Å²) < 4.78 is 62.4. The molecule has 0 atom stereocenters.